The monoisotopic (exact) mass is 347 g/mol. The Balaban J connectivity index is 1.63. The van der Waals surface area contributed by atoms with E-state index < -0.39 is 10.0 Å². The maximum absolute atomic E-state index is 12.6. The summed E-state index contributed by atoms with van der Waals surface area (Å²) in [5.41, 5.74) is 1.35. The van der Waals surface area contributed by atoms with Gasteiger partial charge in [0.2, 0.25) is 10.0 Å². The number of amides is 1. The van der Waals surface area contributed by atoms with E-state index in [9.17, 15) is 13.2 Å². The molecule has 6 nitrogen and oxygen atoms in total. The molecule has 1 aliphatic rings. The van der Waals surface area contributed by atoms with E-state index in [0.29, 0.717) is 30.2 Å². The lowest BCUT2D eigenvalue weighted by Gasteiger charge is -2.25. The first-order chi connectivity index (χ1) is 11.6. The van der Waals surface area contributed by atoms with Gasteiger partial charge in [0.15, 0.2) is 0 Å². The van der Waals surface area contributed by atoms with Crippen molar-refractivity contribution in [3.05, 3.63) is 53.9 Å². The van der Waals surface area contributed by atoms with Gasteiger partial charge in [-0.05, 0) is 42.7 Å². The van der Waals surface area contributed by atoms with Crippen LogP contribution >= 0.6 is 0 Å². The van der Waals surface area contributed by atoms with Crippen molar-refractivity contribution in [3.63, 3.8) is 0 Å². The highest BCUT2D eigenvalue weighted by Crippen LogP contribution is 2.20. The fraction of sp³-hybridized carbons (Fsp3) is 0.353. The third-order valence-electron chi connectivity index (χ3n) is 4.17. The lowest BCUT2D eigenvalue weighted by molar-refractivity contribution is 0.0946. The Kier molecular flexibility index (Phi) is 5.01. The summed E-state index contributed by atoms with van der Waals surface area (Å²) in [5.74, 6) is -0.190. The molecule has 2 N–H and O–H groups in total. The fourth-order valence-corrected chi connectivity index (χ4v) is 4.30. The van der Waals surface area contributed by atoms with Crippen molar-refractivity contribution in [1.82, 2.24) is 14.6 Å². The summed E-state index contributed by atoms with van der Waals surface area (Å²) in [6.07, 6.45) is 4.62. The summed E-state index contributed by atoms with van der Waals surface area (Å²) < 4.78 is 26.7. The maximum Gasteiger partial charge on any atom is 0.267 e. The number of sulfonamides is 1. The zero-order chi connectivity index (χ0) is 17.0. The van der Waals surface area contributed by atoms with E-state index in [0.717, 1.165) is 24.8 Å². The second kappa shape index (κ2) is 7.19. The molecular formula is C17H21N3O3S. The summed E-state index contributed by atoms with van der Waals surface area (Å²) in [6, 6.07) is 10.2. The minimum atomic E-state index is -3.40. The van der Waals surface area contributed by atoms with Crippen molar-refractivity contribution in [3.8, 4) is 0 Å². The van der Waals surface area contributed by atoms with Crippen molar-refractivity contribution >= 4 is 15.9 Å². The molecule has 128 valence electrons. The largest absolute Gasteiger partial charge is 0.357 e. The van der Waals surface area contributed by atoms with Gasteiger partial charge in [-0.3, -0.25) is 4.79 Å². The molecule has 2 aromatic rings. The number of rotatable bonds is 5. The van der Waals surface area contributed by atoms with Crippen LogP contribution in [0.1, 0.15) is 35.3 Å². The van der Waals surface area contributed by atoms with Crippen LogP contribution in [0.15, 0.2) is 47.5 Å². The van der Waals surface area contributed by atoms with E-state index in [1.54, 1.807) is 46.9 Å². The maximum atomic E-state index is 12.6. The second-order valence-electron chi connectivity index (χ2n) is 5.88. The molecule has 0 unspecified atom stereocenters. The Morgan fingerprint density at radius 1 is 1.08 bits per heavy atom. The summed E-state index contributed by atoms with van der Waals surface area (Å²) in [6.45, 7) is 1.54. The van der Waals surface area contributed by atoms with E-state index in [4.69, 9.17) is 0 Å². The number of H-pyrrole nitrogens is 1. The van der Waals surface area contributed by atoms with Gasteiger partial charge in [0, 0.05) is 25.8 Å². The number of benzene rings is 1. The van der Waals surface area contributed by atoms with Crippen LogP contribution in [0, 0.1) is 0 Å². The topological polar surface area (TPSA) is 82.3 Å². The lowest BCUT2D eigenvalue weighted by atomic mass is 10.2. The predicted octanol–water partition coefficient (Wildman–Crippen LogP) is 2.12. The highest BCUT2D eigenvalue weighted by atomic mass is 32.2. The molecular weight excluding hydrogens is 326 g/mol. The number of nitrogens with zero attached hydrogens (tertiary/aromatic N) is 1. The number of carbonyl (C=O) groups excluding carboxylic acids is 1. The Morgan fingerprint density at radius 3 is 2.42 bits per heavy atom. The zero-order valence-corrected chi connectivity index (χ0v) is 14.2. The van der Waals surface area contributed by atoms with Crippen LogP contribution in [0.4, 0.5) is 0 Å². The van der Waals surface area contributed by atoms with E-state index in [1.165, 1.54) is 0 Å². The molecule has 0 bridgehead atoms. The van der Waals surface area contributed by atoms with Crippen LogP contribution in [-0.2, 0) is 16.6 Å². The highest BCUT2D eigenvalue weighted by Gasteiger charge is 2.25. The van der Waals surface area contributed by atoms with Crippen LogP contribution in [0.5, 0.6) is 0 Å². The van der Waals surface area contributed by atoms with Crippen LogP contribution in [0.2, 0.25) is 0 Å². The smallest absolute Gasteiger partial charge is 0.267 e. The Labute approximate surface area is 141 Å². The Morgan fingerprint density at radius 2 is 1.79 bits per heavy atom. The molecule has 1 aromatic carbocycles. The summed E-state index contributed by atoms with van der Waals surface area (Å²) >= 11 is 0. The number of hydrogen-bond acceptors (Lipinski definition) is 3. The van der Waals surface area contributed by atoms with Crippen molar-refractivity contribution in [1.29, 1.82) is 0 Å². The predicted molar refractivity (Wildman–Crippen MR) is 91.0 cm³/mol. The zero-order valence-electron chi connectivity index (χ0n) is 13.4. The standard InChI is InChI=1S/C17H21N3O3S/c21-17(16-5-4-10-18-16)19-13-14-6-8-15(9-7-14)24(22,23)20-11-2-1-3-12-20/h4-10,18H,1-3,11-13H2,(H,19,21). The molecule has 0 atom stereocenters. The SMILES string of the molecule is O=C(NCc1ccc(S(=O)(=O)N2CCCCC2)cc1)c1ccc[nH]1. The van der Waals surface area contributed by atoms with Crippen molar-refractivity contribution in [2.45, 2.75) is 30.7 Å². The molecule has 3 rings (SSSR count). The van der Waals surface area contributed by atoms with E-state index in [2.05, 4.69) is 10.3 Å². The van der Waals surface area contributed by atoms with Crippen LogP contribution in [0.3, 0.4) is 0 Å². The quantitative estimate of drug-likeness (QED) is 0.869. The second-order valence-corrected chi connectivity index (χ2v) is 7.81. The highest BCUT2D eigenvalue weighted by molar-refractivity contribution is 7.89. The average Bonchev–Trinajstić information content (AvgIpc) is 3.15. The van der Waals surface area contributed by atoms with Gasteiger partial charge in [-0.2, -0.15) is 4.31 Å². The van der Waals surface area contributed by atoms with Gasteiger partial charge in [-0.15, -0.1) is 0 Å². The lowest BCUT2D eigenvalue weighted by Crippen LogP contribution is -2.35. The molecule has 0 saturated carbocycles. The number of carbonyl (C=O) groups is 1. The van der Waals surface area contributed by atoms with Gasteiger partial charge in [0.05, 0.1) is 4.90 Å². The molecule has 1 amide bonds. The first-order valence-electron chi connectivity index (χ1n) is 8.08. The summed E-state index contributed by atoms with van der Waals surface area (Å²) in [7, 11) is -3.40. The van der Waals surface area contributed by atoms with Gasteiger partial charge < -0.3 is 10.3 Å². The molecule has 1 aliphatic heterocycles. The van der Waals surface area contributed by atoms with E-state index in [1.807, 2.05) is 0 Å². The first kappa shape index (κ1) is 16.7. The molecule has 1 aromatic heterocycles. The van der Waals surface area contributed by atoms with Crippen molar-refractivity contribution in [2.24, 2.45) is 0 Å². The molecule has 0 radical (unpaired) electrons. The van der Waals surface area contributed by atoms with E-state index >= 15 is 0 Å². The molecule has 1 saturated heterocycles. The number of hydrogen-bond donors (Lipinski definition) is 2. The van der Waals surface area contributed by atoms with E-state index in [-0.39, 0.29) is 5.91 Å². The molecule has 0 spiro atoms. The number of aromatic amines is 1. The minimum absolute atomic E-state index is 0.190. The minimum Gasteiger partial charge on any atom is -0.357 e. The first-order valence-corrected chi connectivity index (χ1v) is 9.52. The van der Waals surface area contributed by atoms with Gasteiger partial charge in [-0.25, -0.2) is 8.42 Å². The summed E-state index contributed by atoms with van der Waals surface area (Å²) in [4.78, 5) is 15.0. The van der Waals surface area contributed by atoms with Crippen molar-refractivity contribution < 1.29 is 13.2 Å². The number of aromatic nitrogens is 1. The molecule has 24 heavy (non-hydrogen) atoms. The Hall–Kier alpha value is -2.12. The van der Waals surface area contributed by atoms with Gasteiger partial charge in [-0.1, -0.05) is 18.6 Å². The van der Waals surface area contributed by atoms with Crippen LogP contribution in [-0.4, -0.2) is 36.7 Å². The normalized spacial score (nSPS) is 16.0. The van der Waals surface area contributed by atoms with Crippen LogP contribution < -0.4 is 5.32 Å². The third kappa shape index (κ3) is 3.68. The van der Waals surface area contributed by atoms with Gasteiger partial charge in [0.25, 0.3) is 5.91 Å². The molecule has 1 fully saturated rings. The molecule has 7 heteroatoms. The number of nitrogens with one attached hydrogen (secondary N) is 2. The molecule has 2 heterocycles. The molecule has 0 aliphatic carbocycles. The summed E-state index contributed by atoms with van der Waals surface area (Å²) in [5, 5.41) is 2.79. The average molecular weight is 347 g/mol. The van der Waals surface area contributed by atoms with Gasteiger partial charge >= 0.3 is 0 Å². The van der Waals surface area contributed by atoms with Crippen LogP contribution in [0.25, 0.3) is 0 Å². The Bertz CT molecular complexity index is 777. The number of piperidine rings is 1. The van der Waals surface area contributed by atoms with Crippen molar-refractivity contribution in [2.75, 3.05) is 13.1 Å². The third-order valence-corrected chi connectivity index (χ3v) is 6.08. The van der Waals surface area contributed by atoms with Gasteiger partial charge in [0.1, 0.15) is 5.69 Å². The fourth-order valence-electron chi connectivity index (χ4n) is 2.78.